The van der Waals surface area contributed by atoms with E-state index in [2.05, 4.69) is 15.3 Å². The van der Waals surface area contributed by atoms with Crippen molar-refractivity contribution in [1.82, 2.24) is 24.9 Å². The molecular weight excluding hydrogens is 519 g/mol. The van der Waals surface area contributed by atoms with Crippen LogP contribution >= 0.6 is 11.2 Å². The summed E-state index contributed by atoms with van der Waals surface area (Å²) < 4.78 is 45.7. The molecule has 0 unspecified atom stereocenters. The molecule has 0 radical (unpaired) electrons. The summed E-state index contributed by atoms with van der Waals surface area (Å²) in [5, 5.41) is 8.52. The zero-order valence-electron chi connectivity index (χ0n) is 21.0. The lowest BCUT2D eigenvalue weighted by Crippen LogP contribution is -2.51. The zero-order valence-corrected chi connectivity index (χ0v) is 21.9. The first kappa shape index (κ1) is 26.5. The molecule has 12 heteroatoms. The van der Waals surface area contributed by atoms with E-state index >= 15 is 0 Å². The number of nitrogens with one attached hydrogen (secondary N) is 1. The number of ether oxygens (including phenoxy) is 1. The van der Waals surface area contributed by atoms with Gasteiger partial charge in [-0.1, -0.05) is 0 Å². The zero-order chi connectivity index (χ0) is 26.9. The third-order valence-corrected chi connectivity index (χ3v) is 7.82. The van der Waals surface area contributed by atoms with E-state index < -0.39 is 16.1 Å². The lowest BCUT2D eigenvalue weighted by molar-refractivity contribution is 0.0383. The summed E-state index contributed by atoms with van der Waals surface area (Å²) in [6, 6.07) is 8.19. The highest BCUT2D eigenvalue weighted by Crippen LogP contribution is 2.60. The van der Waals surface area contributed by atoms with Crippen molar-refractivity contribution in [2.45, 2.75) is 18.4 Å². The number of morpholine rings is 1. The predicted molar refractivity (Wildman–Crippen MR) is 139 cm³/mol. The Bertz CT molecular complexity index is 1320. The summed E-state index contributed by atoms with van der Waals surface area (Å²) in [7, 11) is 0. The maximum absolute atomic E-state index is 12.8. The van der Waals surface area contributed by atoms with Gasteiger partial charge in [0.15, 0.2) is 0 Å². The van der Waals surface area contributed by atoms with Crippen LogP contribution in [0, 0.1) is 12.8 Å². The van der Waals surface area contributed by atoms with E-state index in [0.717, 1.165) is 61.4 Å². The Morgan fingerprint density at radius 2 is 1.82 bits per heavy atom. The SMILES string of the molecule is Cc1cc2nn(CC3CN(C(=O)c4ccc(S(F)(F)F)cc4)C3)cc2cc1C(=O)NCCN1CCOCC1. The van der Waals surface area contributed by atoms with E-state index in [1.165, 1.54) is 12.1 Å². The summed E-state index contributed by atoms with van der Waals surface area (Å²) >= 11 is -5.29. The van der Waals surface area contributed by atoms with Gasteiger partial charge in [-0.25, -0.2) is 0 Å². The van der Waals surface area contributed by atoms with Crippen molar-refractivity contribution >= 4 is 33.9 Å². The molecule has 3 heterocycles. The highest BCUT2D eigenvalue weighted by atomic mass is 32.3. The van der Waals surface area contributed by atoms with Crippen LogP contribution in [0.25, 0.3) is 10.9 Å². The van der Waals surface area contributed by atoms with Crippen LogP contribution < -0.4 is 5.32 Å². The minimum atomic E-state index is -5.29. The van der Waals surface area contributed by atoms with Crippen LogP contribution in [0.2, 0.25) is 0 Å². The summed E-state index contributed by atoms with van der Waals surface area (Å²) in [4.78, 5) is 28.6. The summed E-state index contributed by atoms with van der Waals surface area (Å²) in [6.07, 6.45) is 1.90. The van der Waals surface area contributed by atoms with Crippen LogP contribution in [0.15, 0.2) is 47.5 Å². The number of hydrogen-bond donors (Lipinski definition) is 1. The van der Waals surface area contributed by atoms with Crippen molar-refractivity contribution in [3.05, 3.63) is 59.3 Å². The van der Waals surface area contributed by atoms with Gasteiger partial charge >= 0.3 is 0 Å². The standard InChI is InChI=1S/C26H30F3N5O3S/c1-18-12-24-21(13-23(18)25(35)30-6-7-32-8-10-37-11-9-32)17-34(31-24)16-19-14-33(15-19)26(36)20-2-4-22(5-3-20)38(27,28)29/h2-5,12-13,17,19H,6-11,14-16H2,1H3,(H,30,35). The first-order valence-corrected chi connectivity index (χ1v) is 13.9. The molecule has 0 bridgehead atoms. The van der Waals surface area contributed by atoms with E-state index in [4.69, 9.17) is 4.74 Å². The number of halogens is 3. The fourth-order valence-electron chi connectivity index (χ4n) is 4.86. The third-order valence-electron chi connectivity index (χ3n) is 7.02. The van der Waals surface area contributed by atoms with E-state index in [1.54, 1.807) is 4.90 Å². The fourth-order valence-corrected chi connectivity index (χ4v) is 5.31. The lowest BCUT2D eigenvalue weighted by atomic mass is 9.99. The van der Waals surface area contributed by atoms with Crippen LogP contribution in [0.4, 0.5) is 11.7 Å². The Kier molecular flexibility index (Phi) is 7.64. The normalized spacial score (nSPS) is 17.4. The van der Waals surface area contributed by atoms with Gasteiger partial charge in [-0.3, -0.25) is 19.2 Å². The maximum Gasteiger partial charge on any atom is 0.253 e. The van der Waals surface area contributed by atoms with Crippen molar-refractivity contribution in [3.63, 3.8) is 0 Å². The molecule has 3 aromatic rings. The number of rotatable bonds is 8. The molecule has 2 amide bonds. The van der Waals surface area contributed by atoms with Crippen LogP contribution in [-0.4, -0.2) is 83.9 Å². The molecule has 2 aromatic carbocycles. The number of aryl methyl sites for hydroxylation is 1. The van der Waals surface area contributed by atoms with E-state index in [0.29, 0.717) is 31.7 Å². The Morgan fingerprint density at radius 3 is 2.50 bits per heavy atom. The summed E-state index contributed by atoms with van der Waals surface area (Å²) in [5.41, 5.74) is 2.53. The molecule has 1 aromatic heterocycles. The third kappa shape index (κ3) is 5.97. The van der Waals surface area contributed by atoms with Gasteiger partial charge in [0.25, 0.3) is 11.8 Å². The van der Waals surface area contributed by atoms with Gasteiger partial charge in [0.05, 0.1) is 23.6 Å². The van der Waals surface area contributed by atoms with Crippen LogP contribution in [0.5, 0.6) is 0 Å². The van der Waals surface area contributed by atoms with Crippen molar-refractivity contribution in [1.29, 1.82) is 0 Å². The molecule has 0 spiro atoms. The Morgan fingerprint density at radius 1 is 1.11 bits per heavy atom. The maximum atomic E-state index is 12.8. The van der Waals surface area contributed by atoms with Crippen molar-refractivity contribution < 1.29 is 26.0 Å². The molecule has 5 rings (SSSR count). The monoisotopic (exact) mass is 549 g/mol. The molecule has 0 atom stereocenters. The summed E-state index contributed by atoms with van der Waals surface area (Å²) in [6.45, 7) is 8.09. The number of nitrogens with zero attached hydrogens (tertiary/aromatic N) is 4. The van der Waals surface area contributed by atoms with Crippen LogP contribution in [0.3, 0.4) is 0 Å². The van der Waals surface area contributed by atoms with E-state index in [9.17, 15) is 21.2 Å². The smallest absolute Gasteiger partial charge is 0.253 e. The minimum absolute atomic E-state index is 0.108. The molecule has 0 aliphatic carbocycles. The minimum Gasteiger partial charge on any atom is -0.379 e. The van der Waals surface area contributed by atoms with Gasteiger partial charge in [-0.05, 0) is 48.9 Å². The molecule has 8 nitrogen and oxygen atoms in total. The molecule has 38 heavy (non-hydrogen) atoms. The van der Waals surface area contributed by atoms with Gasteiger partial charge in [-0.15, -0.1) is 11.7 Å². The largest absolute Gasteiger partial charge is 0.379 e. The first-order valence-electron chi connectivity index (χ1n) is 12.5. The number of carbonyl (C=O) groups excluding carboxylic acids is 2. The van der Waals surface area contributed by atoms with E-state index in [1.807, 2.05) is 29.9 Å². The fraction of sp³-hybridized carbons (Fsp3) is 0.423. The number of fused-ring (bicyclic) bond motifs is 1. The molecule has 2 aliphatic heterocycles. The molecular formula is C26H30F3N5O3S. The average molecular weight is 550 g/mol. The van der Waals surface area contributed by atoms with Crippen LogP contribution in [-0.2, 0) is 11.3 Å². The number of carbonyl (C=O) groups is 2. The van der Waals surface area contributed by atoms with Gasteiger partial charge < -0.3 is 15.0 Å². The lowest BCUT2D eigenvalue weighted by Gasteiger charge is -2.39. The highest BCUT2D eigenvalue weighted by Gasteiger charge is 2.32. The number of likely N-dealkylation sites (tertiary alicyclic amines) is 1. The van der Waals surface area contributed by atoms with Crippen molar-refractivity contribution in [2.24, 2.45) is 5.92 Å². The van der Waals surface area contributed by atoms with Gasteiger partial charge in [-0.2, -0.15) is 5.10 Å². The Labute approximate surface area is 220 Å². The van der Waals surface area contributed by atoms with Gasteiger partial charge in [0.1, 0.15) is 0 Å². The molecule has 2 aliphatic rings. The molecule has 204 valence electrons. The molecule has 2 fully saturated rings. The number of hydrogen-bond acceptors (Lipinski definition) is 5. The topological polar surface area (TPSA) is 79.7 Å². The second-order valence-corrected chi connectivity index (χ2v) is 11.1. The van der Waals surface area contributed by atoms with Crippen molar-refractivity contribution in [2.75, 3.05) is 52.5 Å². The number of amides is 2. The highest BCUT2D eigenvalue weighted by molar-refractivity contribution is 8.20. The molecule has 1 N–H and O–H groups in total. The molecule has 2 saturated heterocycles. The second-order valence-electron chi connectivity index (χ2n) is 9.79. The quantitative estimate of drug-likeness (QED) is 0.460. The molecule has 0 saturated carbocycles. The predicted octanol–water partition coefficient (Wildman–Crippen LogP) is 4.00. The first-order chi connectivity index (χ1) is 18.2. The second kappa shape index (κ2) is 11.0. The average Bonchev–Trinajstić information content (AvgIpc) is 3.26. The number of aromatic nitrogens is 2. The Hall–Kier alpha value is -3.09. The van der Waals surface area contributed by atoms with Crippen LogP contribution in [0.1, 0.15) is 26.3 Å². The van der Waals surface area contributed by atoms with Gasteiger partial charge in [0, 0.05) is 74.4 Å². The van der Waals surface area contributed by atoms with Gasteiger partial charge in [0.2, 0.25) is 11.2 Å². The Balaban J connectivity index is 1.14. The van der Waals surface area contributed by atoms with Crippen molar-refractivity contribution in [3.8, 4) is 0 Å². The van der Waals surface area contributed by atoms with E-state index in [-0.39, 0.29) is 23.3 Å². The summed E-state index contributed by atoms with van der Waals surface area (Å²) in [5.74, 6) is -0.185. The number of benzene rings is 2.